The molecule has 25 heavy (non-hydrogen) atoms. The Kier molecular flexibility index (Phi) is 3.97. The summed E-state index contributed by atoms with van der Waals surface area (Å²) in [4.78, 5) is 35.2. The zero-order valence-corrected chi connectivity index (χ0v) is 13.2. The number of nitro groups is 1. The average Bonchev–Trinajstić information content (AvgIpc) is 3.07. The molecule has 0 aliphatic carbocycles. The molecule has 1 atom stereocenters. The largest absolute Gasteiger partial charge is 0.464 e. The highest BCUT2D eigenvalue weighted by atomic mass is 16.6. The van der Waals surface area contributed by atoms with E-state index in [2.05, 4.69) is 20.8 Å². The number of Topliss-reactive ketones (excluding diaryl/α,β-unsaturated/α-hetero) is 1. The third kappa shape index (κ3) is 2.60. The third-order valence-electron chi connectivity index (χ3n) is 3.71. The molecule has 1 aliphatic heterocycles. The molecule has 0 unspecified atom stereocenters. The van der Waals surface area contributed by atoms with Gasteiger partial charge < -0.3 is 10.1 Å². The molecule has 11 heteroatoms. The average molecular weight is 344 g/mol. The second-order valence-electron chi connectivity index (χ2n) is 5.13. The lowest BCUT2D eigenvalue weighted by Crippen LogP contribution is -2.32. The molecular weight excluding hydrogens is 332 g/mol. The number of esters is 1. The van der Waals surface area contributed by atoms with Crippen molar-refractivity contribution >= 4 is 23.4 Å². The number of hydrogen-bond donors (Lipinski definition) is 1. The van der Waals surface area contributed by atoms with Crippen molar-refractivity contribution in [3.05, 3.63) is 51.2 Å². The Morgan fingerprint density at radius 1 is 1.36 bits per heavy atom. The van der Waals surface area contributed by atoms with E-state index < -0.39 is 22.7 Å². The van der Waals surface area contributed by atoms with Crippen molar-refractivity contribution in [1.82, 2.24) is 20.2 Å². The lowest BCUT2D eigenvalue weighted by Gasteiger charge is -2.27. The molecule has 0 saturated carbocycles. The van der Waals surface area contributed by atoms with E-state index >= 15 is 0 Å². The quantitative estimate of drug-likeness (QED) is 0.479. The van der Waals surface area contributed by atoms with E-state index in [-0.39, 0.29) is 28.5 Å². The summed E-state index contributed by atoms with van der Waals surface area (Å²) in [6, 6.07) is 4.83. The Morgan fingerprint density at radius 2 is 2.08 bits per heavy atom. The van der Waals surface area contributed by atoms with Gasteiger partial charge in [0.15, 0.2) is 5.78 Å². The van der Waals surface area contributed by atoms with Crippen LogP contribution in [0, 0.1) is 10.1 Å². The number of carbonyl (C=O) groups excluding carboxylic acids is 2. The zero-order chi connectivity index (χ0) is 18.1. The van der Waals surface area contributed by atoms with E-state index in [9.17, 15) is 19.7 Å². The molecule has 0 saturated heterocycles. The topological polar surface area (TPSA) is 142 Å². The van der Waals surface area contributed by atoms with E-state index in [1.807, 2.05) is 0 Å². The minimum absolute atomic E-state index is 0.0269. The lowest BCUT2D eigenvalue weighted by molar-refractivity contribution is -0.385. The summed E-state index contributed by atoms with van der Waals surface area (Å²) in [6.07, 6.45) is 0. The number of methoxy groups -OCH3 is 1. The number of tetrazole rings is 1. The van der Waals surface area contributed by atoms with Crippen LogP contribution in [0.2, 0.25) is 0 Å². The van der Waals surface area contributed by atoms with Crippen LogP contribution in [0.15, 0.2) is 35.5 Å². The van der Waals surface area contributed by atoms with Crippen molar-refractivity contribution in [3.8, 4) is 0 Å². The minimum atomic E-state index is -1.04. The Labute approximate surface area is 140 Å². The highest BCUT2D eigenvalue weighted by Crippen LogP contribution is 2.38. The molecule has 2 heterocycles. The van der Waals surface area contributed by atoms with Gasteiger partial charge in [-0.25, -0.2) is 4.79 Å². The summed E-state index contributed by atoms with van der Waals surface area (Å²) in [7, 11) is 1.16. The number of benzene rings is 1. The third-order valence-corrected chi connectivity index (χ3v) is 3.71. The maximum Gasteiger partial charge on any atom is 0.355 e. The molecule has 0 fully saturated rings. The van der Waals surface area contributed by atoms with Gasteiger partial charge in [-0.05, 0) is 23.4 Å². The number of rotatable bonds is 4. The van der Waals surface area contributed by atoms with Gasteiger partial charge in [-0.3, -0.25) is 14.9 Å². The highest BCUT2D eigenvalue weighted by molar-refractivity contribution is 6.06. The van der Waals surface area contributed by atoms with Crippen LogP contribution < -0.4 is 5.32 Å². The summed E-state index contributed by atoms with van der Waals surface area (Å²) < 4.78 is 5.91. The van der Waals surface area contributed by atoms with Crippen LogP contribution in [0.5, 0.6) is 0 Å². The molecule has 0 spiro atoms. The number of carbonyl (C=O) groups is 2. The van der Waals surface area contributed by atoms with Crippen LogP contribution in [0.4, 0.5) is 11.6 Å². The van der Waals surface area contributed by atoms with Crippen molar-refractivity contribution in [1.29, 1.82) is 0 Å². The predicted molar refractivity (Wildman–Crippen MR) is 82.4 cm³/mol. The van der Waals surface area contributed by atoms with E-state index in [1.165, 1.54) is 29.8 Å². The summed E-state index contributed by atoms with van der Waals surface area (Å²) in [5.41, 5.74) is -0.227. The SMILES string of the molecule is COC(=O)C1=C(C(C)=O)[C@H](c2ccccc2[N+](=O)[O-])n2nnnc2N1. The first-order valence-electron chi connectivity index (χ1n) is 7.07. The van der Waals surface area contributed by atoms with Crippen molar-refractivity contribution in [2.24, 2.45) is 0 Å². The molecule has 1 aromatic heterocycles. The fourth-order valence-electron chi connectivity index (χ4n) is 2.69. The van der Waals surface area contributed by atoms with Crippen molar-refractivity contribution < 1.29 is 19.2 Å². The first-order valence-corrected chi connectivity index (χ1v) is 7.07. The monoisotopic (exact) mass is 344 g/mol. The van der Waals surface area contributed by atoms with Gasteiger partial charge in [0.1, 0.15) is 11.7 Å². The maximum atomic E-state index is 12.3. The number of ether oxygens (including phenoxy) is 1. The number of nitro benzene ring substituents is 1. The number of para-hydroxylation sites is 1. The van der Waals surface area contributed by atoms with Crippen LogP contribution in [-0.2, 0) is 14.3 Å². The first kappa shape index (κ1) is 16.2. The number of anilines is 1. The fourth-order valence-corrected chi connectivity index (χ4v) is 2.69. The predicted octanol–water partition coefficient (Wildman–Crippen LogP) is 0.612. The maximum absolute atomic E-state index is 12.3. The number of allylic oxidation sites excluding steroid dienone is 1. The molecule has 3 rings (SSSR count). The number of nitrogens with zero attached hydrogens (tertiary/aromatic N) is 5. The molecule has 1 aliphatic rings. The van der Waals surface area contributed by atoms with Gasteiger partial charge in [-0.1, -0.05) is 17.2 Å². The molecule has 11 nitrogen and oxygen atoms in total. The van der Waals surface area contributed by atoms with Gasteiger partial charge in [-0.15, -0.1) is 0 Å². The van der Waals surface area contributed by atoms with E-state index in [0.29, 0.717) is 0 Å². The number of ketones is 1. The van der Waals surface area contributed by atoms with Crippen molar-refractivity contribution in [2.45, 2.75) is 13.0 Å². The molecule has 0 bridgehead atoms. The molecule has 1 N–H and O–H groups in total. The minimum Gasteiger partial charge on any atom is -0.464 e. The Hall–Kier alpha value is -3.63. The van der Waals surface area contributed by atoms with E-state index in [1.54, 1.807) is 6.07 Å². The Balaban J connectivity index is 2.32. The van der Waals surface area contributed by atoms with Crippen LogP contribution in [0.1, 0.15) is 18.5 Å². The summed E-state index contributed by atoms with van der Waals surface area (Å²) in [6.45, 7) is 1.25. The normalized spacial score (nSPS) is 16.0. The van der Waals surface area contributed by atoms with Gasteiger partial charge in [0.25, 0.3) is 5.69 Å². The fraction of sp³-hybridized carbons (Fsp3) is 0.214. The second-order valence-corrected chi connectivity index (χ2v) is 5.13. The van der Waals surface area contributed by atoms with Crippen LogP contribution in [0.3, 0.4) is 0 Å². The van der Waals surface area contributed by atoms with Crippen LogP contribution >= 0.6 is 0 Å². The Bertz CT molecular complexity index is 918. The van der Waals surface area contributed by atoms with Gasteiger partial charge >= 0.3 is 5.97 Å². The van der Waals surface area contributed by atoms with E-state index in [4.69, 9.17) is 4.74 Å². The van der Waals surface area contributed by atoms with E-state index in [0.717, 1.165) is 7.11 Å². The lowest BCUT2D eigenvalue weighted by atomic mass is 9.92. The summed E-state index contributed by atoms with van der Waals surface area (Å²) >= 11 is 0. The summed E-state index contributed by atoms with van der Waals surface area (Å²) in [5.74, 6) is -1.21. The number of fused-ring (bicyclic) bond motifs is 1. The molecule has 2 aromatic rings. The van der Waals surface area contributed by atoms with Crippen molar-refractivity contribution in [2.75, 3.05) is 12.4 Å². The number of nitrogens with one attached hydrogen (secondary N) is 1. The molecular formula is C14H12N6O5. The standard InChI is InChI=1S/C14H12N6O5/c1-7(21)10-11(13(22)25-2)15-14-16-17-18-19(14)12(10)8-5-3-4-6-9(8)20(23)24/h3-6,12H,1-2H3,(H,15,16,18)/t12-/m0/s1. The van der Waals surface area contributed by atoms with Crippen LogP contribution in [0.25, 0.3) is 0 Å². The molecule has 0 radical (unpaired) electrons. The number of aromatic nitrogens is 4. The first-order chi connectivity index (χ1) is 12.0. The van der Waals surface area contributed by atoms with Gasteiger partial charge in [0.05, 0.1) is 23.2 Å². The van der Waals surface area contributed by atoms with Gasteiger partial charge in [0.2, 0.25) is 5.95 Å². The summed E-state index contributed by atoms with van der Waals surface area (Å²) in [5, 5.41) is 25.1. The Morgan fingerprint density at radius 3 is 2.72 bits per heavy atom. The van der Waals surface area contributed by atoms with Crippen LogP contribution in [-0.4, -0.2) is 44.0 Å². The molecule has 0 amide bonds. The van der Waals surface area contributed by atoms with Gasteiger partial charge in [-0.2, -0.15) is 4.68 Å². The highest BCUT2D eigenvalue weighted by Gasteiger charge is 2.39. The van der Waals surface area contributed by atoms with Crippen molar-refractivity contribution in [3.63, 3.8) is 0 Å². The zero-order valence-electron chi connectivity index (χ0n) is 13.2. The van der Waals surface area contributed by atoms with Gasteiger partial charge in [0, 0.05) is 6.07 Å². The molecule has 128 valence electrons. The number of hydrogen-bond acceptors (Lipinski definition) is 9. The second kappa shape index (κ2) is 6.11. The smallest absolute Gasteiger partial charge is 0.355 e. The molecule has 1 aromatic carbocycles.